The summed E-state index contributed by atoms with van der Waals surface area (Å²) in [5, 5.41) is 6.80. The van der Waals surface area contributed by atoms with Crippen LogP contribution in [0.1, 0.15) is 41.1 Å². The van der Waals surface area contributed by atoms with Crippen LogP contribution in [0.25, 0.3) is 21.7 Å². The molecule has 3 aromatic carbocycles. The second-order valence-corrected chi connectivity index (χ2v) is 7.35. The van der Waals surface area contributed by atoms with Gasteiger partial charge in [0.15, 0.2) is 5.76 Å². The molecule has 0 aliphatic rings. The van der Waals surface area contributed by atoms with Crippen molar-refractivity contribution in [3.05, 3.63) is 76.0 Å². The first-order valence-electron chi connectivity index (χ1n) is 9.57. The van der Waals surface area contributed by atoms with E-state index in [4.69, 9.17) is 16.0 Å². The highest BCUT2D eigenvalue weighted by Crippen LogP contribution is 2.34. The molecule has 3 nitrogen and oxygen atoms in total. The van der Waals surface area contributed by atoms with E-state index in [0.717, 1.165) is 57.0 Å². The second-order valence-electron chi connectivity index (χ2n) is 6.94. The van der Waals surface area contributed by atoms with Gasteiger partial charge in [0.2, 0.25) is 0 Å². The number of hydrogen-bond acceptors (Lipinski definition) is 2. The molecule has 1 aromatic heterocycles. The molecule has 0 saturated heterocycles. The zero-order valence-corrected chi connectivity index (χ0v) is 17.0. The van der Waals surface area contributed by atoms with Crippen molar-refractivity contribution in [2.75, 3.05) is 5.32 Å². The lowest BCUT2D eigenvalue weighted by molar-refractivity contribution is 0.0998. The number of nitrogens with one attached hydrogen (secondary N) is 1. The highest BCUT2D eigenvalue weighted by Gasteiger charge is 2.21. The van der Waals surface area contributed by atoms with E-state index in [-0.39, 0.29) is 5.91 Å². The third-order valence-corrected chi connectivity index (χ3v) is 5.70. The molecule has 0 fully saturated rings. The molecule has 0 atom stereocenters. The quantitative estimate of drug-likeness (QED) is 0.410. The van der Waals surface area contributed by atoms with Crippen LogP contribution < -0.4 is 5.32 Å². The number of carbonyl (C=O) groups is 1. The molecule has 0 spiro atoms. The Morgan fingerprint density at radius 1 is 1.00 bits per heavy atom. The van der Waals surface area contributed by atoms with Crippen LogP contribution in [0.2, 0.25) is 5.02 Å². The lowest BCUT2D eigenvalue weighted by Crippen LogP contribution is -2.15. The molecule has 4 heteroatoms. The Hall–Kier alpha value is -2.78. The van der Waals surface area contributed by atoms with Gasteiger partial charge in [0.25, 0.3) is 5.91 Å². The first kappa shape index (κ1) is 18.6. The van der Waals surface area contributed by atoms with Crippen molar-refractivity contribution < 1.29 is 9.21 Å². The Balaban J connectivity index is 1.82. The smallest absolute Gasteiger partial charge is 0.291 e. The summed E-state index contributed by atoms with van der Waals surface area (Å²) in [6, 6.07) is 16.0. The number of amides is 1. The Morgan fingerprint density at radius 2 is 1.79 bits per heavy atom. The summed E-state index contributed by atoms with van der Waals surface area (Å²) in [6.45, 7) is 6.03. The SMILES string of the molecule is CCc1ccc(Cl)c(CC)c1NC(=O)c1oc2c(ccc3ccccc32)c1C. The topological polar surface area (TPSA) is 42.2 Å². The van der Waals surface area contributed by atoms with Crippen molar-refractivity contribution in [2.24, 2.45) is 0 Å². The van der Waals surface area contributed by atoms with E-state index in [2.05, 4.69) is 18.3 Å². The maximum Gasteiger partial charge on any atom is 0.291 e. The van der Waals surface area contributed by atoms with E-state index < -0.39 is 0 Å². The summed E-state index contributed by atoms with van der Waals surface area (Å²) in [7, 11) is 0. The van der Waals surface area contributed by atoms with Crippen LogP contribution in [0.5, 0.6) is 0 Å². The first-order valence-corrected chi connectivity index (χ1v) is 9.95. The van der Waals surface area contributed by atoms with Gasteiger partial charge in [0, 0.05) is 27.0 Å². The number of carbonyl (C=O) groups excluding carboxylic acids is 1. The molecular weight excluding hydrogens is 370 g/mol. The number of fused-ring (bicyclic) bond motifs is 3. The number of halogens is 1. The fourth-order valence-electron chi connectivity index (χ4n) is 3.80. The number of benzene rings is 3. The molecule has 0 saturated carbocycles. The van der Waals surface area contributed by atoms with Gasteiger partial charge in [-0.05, 0) is 42.3 Å². The van der Waals surface area contributed by atoms with Crippen LogP contribution in [-0.2, 0) is 12.8 Å². The Labute approximate surface area is 169 Å². The maximum absolute atomic E-state index is 13.1. The molecule has 0 unspecified atom stereocenters. The molecule has 0 bridgehead atoms. The molecule has 0 aliphatic heterocycles. The van der Waals surface area contributed by atoms with E-state index >= 15 is 0 Å². The fourth-order valence-corrected chi connectivity index (χ4v) is 4.09. The van der Waals surface area contributed by atoms with Gasteiger partial charge in [-0.15, -0.1) is 0 Å². The standard InChI is InChI=1S/C24H22ClNO2/c1-4-15-11-13-20(25)17(5-2)21(15)26-24(27)22-14(3)18-12-10-16-8-6-7-9-19(16)23(18)28-22/h6-13H,4-5H2,1-3H3,(H,26,27). The highest BCUT2D eigenvalue weighted by atomic mass is 35.5. The summed E-state index contributed by atoms with van der Waals surface area (Å²) >= 11 is 6.37. The van der Waals surface area contributed by atoms with E-state index in [0.29, 0.717) is 10.8 Å². The third-order valence-electron chi connectivity index (χ3n) is 5.35. The van der Waals surface area contributed by atoms with Gasteiger partial charge >= 0.3 is 0 Å². The summed E-state index contributed by atoms with van der Waals surface area (Å²) < 4.78 is 6.08. The molecule has 4 aromatic rings. The van der Waals surface area contributed by atoms with Crippen molar-refractivity contribution in [1.29, 1.82) is 0 Å². The van der Waals surface area contributed by atoms with Gasteiger partial charge in [-0.1, -0.05) is 67.9 Å². The molecule has 28 heavy (non-hydrogen) atoms. The van der Waals surface area contributed by atoms with Crippen LogP contribution in [0.4, 0.5) is 5.69 Å². The average Bonchev–Trinajstić information content (AvgIpc) is 3.05. The first-order chi connectivity index (χ1) is 13.5. The fraction of sp³-hybridized carbons (Fsp3) is 0.208. The average molecular weight is 392 g/mol. The van der Waals surface area contributed by atoms with Gasteiger partial charge in [-0.3, -0.25) is 4.79 Å². The van der Waals surface area contributed by atoms with Crippen LogP contribution in [0.15, 0.2) is 52.9 Å². The van der Waals surface area contributed by atoms with Gasteiger partial charge in [0.1, 0.15) is 5.58 Å². The molecule has 0 radical (unpaired) electrons. The summed E-state index contributed by atoms with van der Waals surface area (Å²) in [6.07, 6.45) is 1.55. The molecule has 1 N–H and O–H groups in total. The van der Waals surface area contributed by atoms with E-state index in [1.807, 2.05) is 56.3 Å². The number of rotatable bonds is 4. The lowest BCUT2D eigenvalue weighted by atomic mass is 10.0. The summed E-state index contributed by atoms with van der Waals surface area (Å²) in [5.74, 6) is 0.0971. The maximum atomic E-state index is 13.1. The number of aryl methyl sites for hydroxylation is 2. The number of furan rings is 1. The summed E-state index contributed by atoms with van der Waals surface area (Å²) in [5.41, 5.74) is 4.41. The zero-order valence-electron chi connectivity index (χ0n) is 16.2. The van der Waals surface area contributed by atoms with Crippen molar-refractivity contribution >= 4 is 44.9 Å². The minimum atomic E-state index is -0.246. The van der Waals surface area contributed by atoms with Crippen LogP contribution in [0, 0.1) is 6.92 Å². The predicted molar refractivity (Wildman–Crippen MR) is 117 cm³/mol. The molecule has 1 heterocycles. The molecule has 142 valence electrons. The van der Waals surface area contributed by atoms with Gasteiger partial charge in [-0.25, -0.2) is 0 Å². The molecule has 4 rings (SSSR count). The molecule has 0 aliphatic carbocycles. The van der Waals surface area contributed by atoms with Gasteiger partial charge in [0.05, 0.1) is 0 Å². The van der Waals surface area contributed by atoms with Crippen molar-refractivity contribution in [1.82, 2.24) is 0 Å². The summed E-state index contributed by atoms with van der Waals surface area (Å²) in [4.78, 5) is 13.1. The Morgan fingerprint density at radius 3 is 2.54 bits per heavy atom. The van der Waals surface area contributed by atoms with Crippen LogP contribution in [-0.4, -0.2) is 5.91 Å². The van der Waals surface area contributed by atoms with Crippen molar-refractivity contribution in [2.45, 2.75) is 33.6 Å². The van der Waals surface area contributed by atoms with E-state index in [1.165, 1.54) is 0 Å². The van der Waals surface area contributed by atoms with Crippen LogP contribution >= 0.6 is 11.6 Å². The Bertz CT molecular complexity index is 1210. The minimum absolute atomic E-state index is 0.246. The predicted octanol–water partition coefficient (Wildman–Crippen LogP) is 6.92. The second kappa shape index (κ2) is 7.33. The van der Waals surface area contributed by atoms with Crippen LogP contribution in [0.3, 0.4) is 0 Å². The highest BCUT2D eigenvalue weighted by molar-refractivity contribution is 6.32. The normalized spacial score (nSPS) is 11.3. The number of anilines is 1. The van der Waals surface area contributed by atoms with Gasteiger partial charge < -0.3 is 9.73 Å². The minimum Gasteiger partial charge on any atom is -0.450 e. The number of hydrogen-bond donors (Lipinski definition) is 1. The molecular formula is C24H22ClNO2. The largest absolute Gasteiger partial charge is 0.450 e. The van der Waals surface area contributed by atoms with Crippen molar-refractivity contribution in [3.8, 4) is 0 Å². The third kappa shape index (κ3) is 2.96. The Kier molecular flexibility index (Phi) is 4.86. The van der Waals surface area contributed by atoms with Crippen molar-refractivity contribution in [3.63, 3.8) is 0 Å². The van der Waals surface area contributed by atoms with E-state index in [1.54, 1.807) is 0 Å². The molecule has 1 amide bonds. The van der Waals surface area contributed by atoms with Gasteiger partial charge in [-0.2, -0.15) is 0 Å². The van der Waals surface area contributed by atoms with E-state index in [9.17, 15) is 4.79 Å². The zero-order chi connectivity index (χ0) is 19.8. The lowest BCUT2D eigenvalue weighted by Gasteiger charge is -2.15. The monoisotopic (exact) mass is 391 g/mol.